The van der Waals surface area contributed by atoms with Crippen molar-refractivity contribution in [2.24, 2.45) is 0 Å². The number of carbonyl (C=O) groups excluding carboxylic acids is 1. The number of methoxy groups -OCH3 is 1. The summed E-state index contributed by atoms with van der Waals surface area (Å²) in [6.45, 7) is 4.40. The lowest BCUT2D eigenvalue weighted by Gasteiger charge is -2.11. The number of nitrogens with zero attached hydrogens (tertiary/aromatic N) is 1. The van der Waals surface area contributed by atoms with Gasteiger partial charge < -0.3 is 15.8 Å². The molecular formula is C16H19N3O2. The van der Waals surface area contributed by atoms with E-state index < -0.39 is 0 Å². The zero-order valence-corrected chi connectivity index (χ0v) is 12.4. The van der Waals surface area contributed by atoms with Gasteiger partial charge in [0.1, 0.15) is 5.82 Å². The summed E-state index contributed by atoms with van der Waals surface area (Å²) >= 11 is 0. The van der Waals surface area contributed by atoms with Crippen LogP contribution in [-0.2, 0) is 11.3 Å². The molecule has 5 nitrogen and oxygen atoms in total. The Morgan fingerprint density at radius 2 is 2.05 bits per heavy atom. The molecular weight excluding hydrogens is 266 g/mol. The van der Waals surface area contributed by atoms with Gasteiger partial charge in [-0.25, -0.2) is 9.78 Å². The predicted octanol–water partition coefficient (Wildman–Crippen LogP) is 2.68. The minimum absolute atomic E-state index is 0.377. The van der Waals surface area contributed by atoms with E-state index in [0.29, 0.717) is 23.6 Å². The number of ether oxygens (including phenoxy) is 1. The van der Waals surface area contributed by atoms with Crippen LogP contribution in [0.15, 0.2) is 30.3 Å². The lowest BCUT2D eigenvalue weighted by atomic mass is 10.1. The molecule has 1 aromatic heterocycles. The Morgan fingerprint density at radius 3 is 2.71 bits per heavy atom. The molecule has 5 heteroatoms. The number of rotatable bonds is 4. The summed E-state index contributed by atoms with van der Waals surface area (Å²) in [6, 6.07) is 9.31. The van der Waals surface area contributed by atoms with Crippen LogP contribution in [0.25, 0.3) is 0 Å². The molecule has 0 fully saturated rings. The minimum Gasteiger partial charge on any atom is -0.465 e. The van der Waals surface area contributed by atoms with Crippen molar-refractivity contribution in [2.75, 3.05) is 18.2 Å². The van der Waals surface area contributed by atoms with Gasteiger partial charge in [-0.05, 0) is 43.2 Å². The van der Waals surface area contributed by atoms with Gasteiger partial charge in [0.25, 0.3) is 0 Å². The summed E-state index contributed by atoms with van der Waals surface area (Å²) in [5.41, 5.74) is 9.96. The third kappa shape index (κ3) is 3.31. The van der Waals surface area contributed by atoms with E-state index in [1.54, 1.807) is 19.1 Å². The summed E-state index contributed by atoms with van der Waals surface area (Å²) in [4.78, 5) is 15.9. The Morgan fingerprint density at radius 1 is 1.29 bits per heavy atom. The molecule has 0 amide bonds. The second kappa shape index (κ2) is 6.26. The summed E-state index contributed by atoms with van der Waals surface area (Å²) in [6.07, 6.45) is 0. The molecule has 2 aromatic rings. The fraction of sp³-hybridized carbons (Fsp3) is 0.250. The molecule has 0 radical (unpaired) electrons. The van der Waals surface area contributed by atoms with Gasteiger partial charge in [-0.3, -0.25) is 0 Å². The molecule has 2 rings (SSSR count). The van der Waals surface area contributed by atoms with Gasteiger partial charge in [-0.15, -0.1) is 0 Å². The van der Waals surface area contributed by atoms with Gasteiger partial charge in [0.05, 0.1) is 18.4 Å². The molecule has 0 aliphatic carbocycles. The molecule has 0 aliphatic rings. The fourth-order valence-electron chi connectivity index (χ4n) is 2.07. The number of hydrogen-bond donors (Lipinski definition) is 2. The lowest BCUT2D eigenvalue weighted by molar-refractivity contribution is 0.0599. The Labute approximate surface area is 124 Å². The molecule has 0 saturated heterocycles. The number of nitrogens with two attached hydrogens (primary N) is 1. The molecule has 1 aromatic carbocycles. The summed E-state index contributed by atoms with van der Waals surface area (Å²) in [7, 11) is 1.36. The molecule has 0 unspecified atom stereocenters. The maximum atomic E-state index is 11.5. The van der Waals surface area contributed by atoms with Crippen LogP contribution in [0.5, 0.6) is 0 Å². The van der Waals surface area contributed by atoms with Crippen LogP contribution in [0.1, 0.15) is 27.2 Å². The number of hydrogen-bond acceptors (Lipinski definition) is 5. The predicted molar refractivity (Wildman–Crippen MR) is 83.2 cm³/mol. The van der Waals surface area contributed by atoms with Crippen LogP contribution < -0.4 is 11.1 Å². The van der Waals surface area contributed by atoms with Gasteiger partial charge in [-0.1, -0.05) is 12.1 Å². The zero-order valence-electron chi connectivity index (χ0n) is 12.4. The quantitative estimate of drug-likeness (QED) is 0.667. The van der Waals surface area contributed by atoms with E-state index in [4.69, 9.17) is 10.5 Å². The monoisotopic (exact) mass is 285 g/mol. The minimum atomic E-state index is -0.377. The highest BCUT2D eigenvalue weighted by molar-refractivity contribution is 5.90. The van der Waals surface area contributed by atoms with Crippen molar-refractivity contribution in [3.05, 3.63) is 52.7 Å². The maximum absolute atomic E-state index is 11.5. The number of carbonyl (C=O) groups is 1. The highest BCUT2D eigenvalue weighted by Gasteiger charge is 2.10. The van der Waals surface area contributed by atoms with Crippen LogP contribution in [0.3, 0.4) is 0 Å². The summed E-state index contributed by atoms with van der Waals surface area (Å²) in [5.74, 6) is 0.334. The molecule has 110 valence electrons. The standard InChI is InChI=1S/C16H19N3O2/c1-10-12(5-4-6-14(10)17)9-18-15-8-7-13(11(2)19-15)16(20)21-3/h4-8H,9,17H2,1-3H3,(H,18,19). The first-order valence-corrected chi connectivity index (χ1v) is 6.66. The van der Waals surface area contributed by atoms with Crippen molar-refractivity contribution in [2.45, 2.75) is 20.4 Å². The Kier molecular flexibility index (Phi) is 4.42. The molecule has 0 bridgehead atoms. The van der Waals surface area contributed by atoms with E-state index in [2.05, 4.69) is 10.3 Å². The first kappa shape index (κ1) is 14.8. The van der Waals surface area contributed by atoms with Gasteiger partial charge in [0, 0.05) is 12.2 Å². The van der Waals surface area contributed by atoms with E-state index in [1.165, 1.54) is 7.11 Å². The SMILES string of the molecule is COC(=O)c1ccc(NCc2cccc(N)c2C)nc1C. The maximum Gasteiger partial charge on any atom is 0.339 e. The zero-order chi connectivity index (χ0) is 15.4. The Bertz CT molecular complexity index is 669. The largest absolute Gasteiger partial charge is 0.465 e. The van der Waals surface area contributed by atoms with Crippen molar-refractivity contribution in [1.29, 1.82) is 0 Å². The number of aromatic nitrogens is 1. The third-order valence-corrected chi connectivity index (χ3v) is 3.44. The van der Waals surface area contributed by atoms with Crippen molar-refractivity contribution in [3.63, 3.8) is 0 Å². The molecule has 3 N–H and O–H groups in total. The number of aryl methyl sites for hydroxylation is 1. The summed E-state index contributed by atoms with van der Waals surface area (Å²) < 4.78 is 4.70. The number of pyridine rings is 1. The average molecular weight is 285 g/mol. The van der Waals surface area contributed by atoms with Crippen molar-refractivity contribution in [1.82, 2.24) is 4.98 Å². The highest BCUT2D eigenvalue weighted by Crippen LogP contribution is 2.17. The molecule has 0 saturated carbocycles. The van der Waals surface area contributed by atoms with E-state index in [1.807, 2.05) is 25.1 Å². The van der Waals surface area contributed by atoms with Crippen molar-refractivity contribution >= 4 is 17.5 Å². The van der Waals surface area contributed by atoms with Gasteiger partial charge in [-0.2, -0.15) is 0 Å². The Hall–Kier alpha value is -2.56. The number of benzene rings is 1. The average Bonchev–Trinajstić information content (AvgIpc) is 2.48. The second-order valence-corrected chi connectivity index (χ2v) is 4.81. The van der Waals surface area contributed by atoms with Crippen LogP contribution >= 0.6 is 0 Å². The second-order valence-electron chi connectivity index (χ2n) is 4.81. The Balaban J connectivity index is 2.12. The van der Waals surface area contributed by atoms with E-state index in [0.717, 1.165) is 16.8 Å². The van der Waals surface area contributed by atoms with Crippen LogP contribution in [-0.4, -0.2) is 18.1 Å². The van der Waals surface area contributed by atoms with Crippen molar-refractivity contribution < 1.29 is 9.53 Å². The van der Waals surface area contributed by atoms with E-state index in [-0.39, 0.29) is 5.97 Å². The van der Waals surface area contributed by atoms with Gasteiger partial charge in [0.2, 0.25) is 0 Å². The highest BCUT2D eigenvalue weighted by atomic mass is 16.5. The van der Waals surface area contributed by atoms with Gasteiger partial charge in [0.15, 0.2) is 0 Å². The first-order valence-electron chi connectivity index (χ1n) is 6.66. The first-order chi connectivity index (χ1) is 10.0. The van der Waals surface area contributed by atoms with E-state index in [9.17, 15) is 4.79 Å². The molecule has 21 heavy (non-hydrogen) atoms. The van der Waals surface area contributed by atoms with Crippen LogP contribution in [0, 0.1) is 13.8 Å². The lowest BCUT2D eigenvalue weighted by Crippen LogP contribution is -2.08. The van der Waals surface area contributed by atoms with Crippen LogP contribution in [0.2, 0.25) is 0 Å². The van der Waals surface area contributed by atoms with E-state index >= 15 is 0 Å². The van der Waals surface area contributed by atoms with Crippen molar-refractivity contribution in [3.8, 4) is 0 Å². The molecule has 0 spiro atoms. The molecule has 0 atom stereocenters. The molecule has 0 aliphatic heterocycles. The number of esters is 1. The molecule has 1 heterocycles. The summed E-state index contributed by atoms with van der Waals surface area (Å²) in [5, 5.41) is 3.24. The number of nitrogens with one attached hydrogen (secondary N) is 1. The smallest absolute Gasteiger partial charge is 0.339 e. The fourth-order valence-corrected chi connectivity index (χ4v) is 2.07. The normalized spacial score (nSPS) is 10.2. The number of nitrogen functional groups attached to an aromatic ring is 1. The number of anilines is 2. The topological polar surface area (TPSA) is 77.2 Å². The third-order valence-electron chi connectivity index (χ3n) is 3.44. The van der Waals surface area contributed by atoms with Gasteiger partial charge >= 0.3 is 5.97 Å². The van der Waals surface area contributed by atoms with Crippen LogP contribution in [0.4, 0.5) is 11.5 Å².